The Morgan fingerprint density at radius 1 is 1.30 bits per heavy atom. The van der Waals surface area contributed by atoms with Gasteiger partial charge in [0.2, 0.25) is 0 Å². The largest absolute Gasteiger partial charge is 0.459 e. The highest BCUT2D eigenvalue weighted by atomic mass is 16.6. The van der Waals surface area contributed by atoms with Gasteiger partial charge in [0.05, 0.1) is 23.6 Å². The number of anilines is 2. The zero-order chi connectivity index (χ0) is 19.6. The Morgan fingerprint density at radius 3 is 2.63 bits per heavy atom. The van der Waals surface area contributed by atoms with Crippen LogP contribution in [0, 0.1) is 0 Å². The fraction of sp³-hybridized carbons (Fsp3) is 0.333. The normalized spacial score (nSPS) is 12.8. The molecule has 0 fully saturated rings. The van der Waals surface area contributed by atoms with E-state index >= 15 is 0 Å². The summed E-state index contributed by atoms with van der Waals surface area (Å²) in [7, 11) is 0. The lowest BCUT2D eigenvalue weighted by Crippen LogP contribution is -2.27. The first-order valence-corrected chi connectivity index (χ1v) is 8.41. The molecule has 0 saturated carbocycles. The van der Waals surface area contributed by atoms with Crippen LogP contribution in [0.1, 0.15) is 32.7 Å². The van der Waals surface area contributed by atoms with Crippen molar-refractivity contribution < 1.29 is 14.6 Å². The number of rotatable bonds is 5. The van der Waals surface area contributed by atoms with E-state index in [0.29, 0.717) is 16.6 Å². The maximum absolute atomic E-state index is 12.2. The number of aromatic nitrogens is 4. The van der Waals surface area contributed by atoms with Crippen LogP contribution in [0.2, 0.25) is 0 Å². The van der Waals surface area contributed by atoms with Crippen LogP contribution >= 0.6 is 0 Å². The van der Waals surface area contributed by atoms with E-state index in [1.165, 1.54) is 11.0 Å². The van der Waals surface area contributed by atoms with Gasteiger partial charge < -0.3 is 20.9 Å². The number of carbonyl (C=O) groups excluding carboxylic acids is 1. The molecule has 27 heavy (non-hydrogen) atoms. The standard InChI is InChI=1S/C18H22N6O3/c1-18(2,3)27-15(25)9-24-14-5-4-11(22-12-7-20-10-21-8-12)6-13(14)16(23-24)17(19)26/h4-8,10,17,22,26H,9,19H2,1-3H3. The number of aliphatic hydroxyl groups excluding tert-OH is 1. The molecule has 9 heteroatoms. The zero-order valence-electron chi connectivity index (χ0n) is 15.4. The van der Waals surface area contributed by atoms with Crippen molar-refractivity contribution in [3.63, 3.8) is 0 Å². The molecule has 0 spiro atoms. The number of aliphatic hydroxyl groups is 1. The number of nitrogens with one attached hydrogen (secondary N) is 1. The van der Waals surface area contributed by atoms with Crippen molar-refractivity contribution >= 4 is 28.2 Å². The van der Waals surface area contributed by atoms with Gasteiger partial charge in [0.1, 0.15) is 30.4 Å². The van der Waals surface area contributed by atoms with Gasteiger partial charge in [-0.15, -0.1) is 0 Å². The molecular weight excluding hydrogens is 348 g/mol. The highest BCUT2D eigenvalue weighted by Gasteiger charge is 2.20. The van der Waals surface area contributed by atoms with Crippen LogP contribution in [-0.4, -0.2) is 36.4 Å². The van der Waals surface area contributed by atoms with Gasteiger partial charge in [0, 0.05) is 11.1 Å². The number of nitrogens with zero attached hydrogens (tertiary/aromatic N) is 4. The molecule has 0 saturated heterocycles. The summed E-state index contributed by atoms with van der Waals surface area (Å²) in [6.45, 7) is 5.31. The lowest BCUT2D eigenvalue weighted by atomic mass is 10.1. The van der Waals surface area contributed by atoms with Gasteiger partial charge in [-0.25, -0.2) is 9.97 Å². The Kier molecular flexibility index (Phi) is 5.06. The summed E-state index contributed by atoms with van der Waals surface area (Å²) in [5.74, 6) is -0.423. The third-order valence-electron chi connectivity index (χ3n) is 3.61. The van der Waals surface area contributed by atoms with Crippen LogP contribution in [0.25, 0.3) is 10.9 Å². The number of hydrogen-bond donors (Lipinski definition) is 3. The Balaban J connectivity index is 1.93. The number of benzene rings is 1. The van der Waals surface area contributed by atoms with Gasteiger partial charge in [-0.1, -0.05) is 0 Å². The lowest BCUT2D eigenvalue weighted by molar-refractivity contribution is -0.155. The molecule has 0 amide bonds. The SMILES string of the molecule is CC(C)(C)OC(=O)Cn1nc(C(N)O)c2cc(Nc3cncnc3)ccc21. The maximum Gasteiger partial charge on any atom is 0.328 e. The van der Waals surface area contributed by atoms with Crippen molar-refractivity contribution in [3.8, 4) is 0 Å². The van der Waals surface area contributed by atoms with Crippen LogP contribution < -0.4 is 11.1 Å². The van der Waals surface area contributed by atoms with E-state index in [1.54, 1.807) is 45.3 Å². The van der Waals surface area contributed by atoms with Gasteiger partial charge in [0.25, 0.3) is 0 Å². The number of esters is 1. The topological polar surface area (TPSA) is 128 Å². The molecule has 0 aliphatic carbocycles. The highest BCUT2D eigenvalue weighted by Crippen LogP contribution is 2.27. The molecule has 0 radical (unpaired) electrons. The van der Waals surface area contributed by atoms with Crippen molar-refractivity contribution in [1.29, 1.82) is 0 Å². The van der Waals surface area contributed by atoms with Crippen molar-refractivity contribution in [2.75, 3.05) is 5.32 Å². The minimum Gasteiger partial charge on any atom is -0.459 e. The first kappa shape index (κ1) is 18.7. The van der Waals surface area contributed by atoms with E-state index in [1.807, 2.05) is 6.07 Å². The van der Waals surface area contributed by atoms with Gasteiger partial charge in [0.15, 0.2) is 0 Å². The van der Waals surface area contributed by atoms with Crippen molar-refractivity contribution in [3.05, 3.63) is 42.6 Å². The minimum absolute atomic E-state index is 0.0835. The van der Waals surface area contributed by atoms with E-state index in [9.17, 15) is 9.90 Å². The Bertz CT molecular complexity index is 947. The third kappa shape index (κ3) is 4.57. The molecule has 2 aromatic heterocycles. The summed E-state index contributed by atoms with van der Waals surface area (Å²) in [6, 6.07) is 5.42. The summed E-state index contributed by atoms with van der Waals surface area (Å²) < 4.78 is 6.82. The molecule has 1 unspecified atom stereocenters. The molecular formula is C18H22N6O3. The van der Waals surface area contributed by atoms with Crippen molar-refractivity contribution in [1.82, 2.24) is 19.7 Å². The van der Waals surface area contributed by atoms with Gasteiger partial charge >= 0.3 is 5.97 Å². The third-order valence-corrected chi connectivity index (χ3v) is 3.61. The molecule has 0 aliphatic heterocycles. The first-order chi connectivity index (χ1) is 12.7. The zero-order valence-corrected chi connectivity index (χ0v) is 15.4. The molecule has 1 aromatic carbocycles. The molecule has 2 heterocycles. The van der Waals surface area contributed by atoms with Crippen LogP contribution in [-0.2, 0) is 16.1 Å². The molecule has 3 rings (SSSR count). The number of hydrogen-bond acceptors (Lipinski definition) is 8. The Hall–Kier alpha value is -3.04. The fourth-order valence-electron chi connectivity index (χ4n) is 2.65. The van der Waals surface area contributed by atoms with Crippen LogP contribution in [0.3, 0.4) is 0 Å². The Labute approximate surface area is 156 Å². The smallest absolute Gasteiger partial charge is 0.328 e. The van der Waals surface area contributed by atoms with Gasteiger partial charge in [-0.3, -0.25) is 9.48 Å². The van der Waals surface area contributed by atoms with Gasteiger partial charge in [-0.05, 0) is 39.0 Å². The summed E-state index contributed by atoms with van der Waals surface area (Å²) in [5, 5.41) is 18.0. The summed E-state index contributed by atoms with van der Waals surface area (Å²) >= 11 is 0. The van der Waals surface area contributed by atoms with E-state index in [-0.39, 0.29) is 12.2 Å². The first-order valence-electron chi connectivity index (χ1n) is 8.41. The number of ether oxygens (including phenoxy) is 1. The quantitative estimate of drug-likeness (QED) is 0.458. The van der Waals surface area contributed by atoms with E-state index in [4.69, 9.17) is 10.5 Å². The van der Waals surface area contributed by atoms with E-state index in [0.717, 1.165) is 5.69 Å². The van der Waals surface area contributed by atoms with Crippen molar-refractivity contribution in [2.24, 2.45) is 5.73 Å². The average molecular weight is 370 g/mol. The summed E-state index contributed by atoms with van der Waals surface area (Å²) in [5.41, 5.74) is 7.46. The second-order valence-corrected chi connectivity index (χ2v) is 7.06. The number of carbonyl (C=O) groups is 1. The second-order valence-electron chi connectivity index (χ2n) is 7.06. The second kappa shape index (κ2) is 7.29. The molecule has 1 atom stereocenters. The molecule has 142 valence electrons. The van der Waals surface area contributed by atoms with E-state index in [2.05, 4.69) is 20.4 Å². The maximum atomic E-state index is 12.2. The van der Waals surface area contributed by atoms with E-state index < -0.39 is 17.8 Å². The molecule has 4 N–H and O–H groups in total. The number of fused-ring (bicyclic) bond motifs is 1. The predicted molar refractivity (Wildman–Crippen MR) is 100 cm³/mol. The minimum atomic E-state index is -1.28. The highest BCUT2D eigenvalue weighted by molar-refractivity contribution is 5.87. The predicted octanol–water partition coefficient (Wildman–Crippen LogP) is 1.86. The number of nitrogens with two attached hydrogens (primary N) is 1. The average Bonchev–Trinajstić information content (AvgIpc) is 2.92. The monoisotopic (exact) mass is 370 g/mol. The molecule has 0 bridgehead atoms. The van der Waals surface area contributed by atoms with Crippen molar-refractivity contribution in [2.45, 2.75) is 39.1 Å². The molecule has 3 aromatic rings. The van der Waals surface area contributed by atoms with Crippen LogP contribution in [0.15, 0.2) is 36.9 Å². The van der Waals surface area contributed by atoms with Gasteiger partial charge in [-0.2, -0.15) is 5.10 Å². The summed E-state index contributed by atoms with van der Waals surface area (Å²) in [6.07, 6.45) is 3.45. The fourth-order valence-corrected chi connectivity index (χ4v) is 2.65. The Morgan fingerprint density at radius 2 is 2.00 bits per heavy atom. The van der Waals surface area contributed by atoms with Crippen LogP contribution in [0.4, 0.5) is 11.4 Å². The molecule has 0 aliphatic rings. The lowest BCUT2D eigenvalue weighted by Gasteiger charge is -2.19. The van der Waals surface area contributed by atoms with Crippen LogP contribution in [0.5, 0.6) is 0 Å². The summed E-state index contributed by atoms with van der Waals surface area (Å²) in [4.78, 5) is 20.1. The molecule has 9 nitrogen and oxygen atoms in total.